The molecule has 9 nitrogen and oxygen atoms in total. The van der Waals surface area contributed by atoms with Gasteiger partial charge in [-0.05, 0) is 54.3 Å². The van der Waals surface area contributed by atoms with Crippen LogP contribution in [0.3, 0.4) is 0 Å². The Labute approximate surface area is 190 Å². The topological polar surface area (TPSA) is 126 Å². The molecule has 0 bridgehead atoms. The standard InChI is InChI=1S/C23H21N5O4S/c1-32-21-9-8-17(13-25-21)33(30,31)28-16-6-4-14(5-7-16)19-12-20(27-23(29)15-2-3-15)26-22-18(19)10-11-24-22/h4-13,15,28H,2-3H2,1H3,(H2,24,26,27,29). The summed E-state index contributed by atoms with van der Waals surface area (Å²) in [7, 11) is -2.33. The van der Waals surface area contributed by atoms with Gasteiger partial charge in [-0.25, -0.2) is 18.4 Å². The Morgan fingerprint density at radius 1 is 1.12 bits per heavy atom. The van der Waals surface area contributed by atoms with Crippen molar-refractivity contribution in [1.29, 1.82) is 0 Å². The third-order valence-electron chi connectivity index (χ3n) is 5.40. The molecule has 0 radical (unpaired) electrons. The molecule has 10 heteroatoms. The number of methoxy groups -OCH3 is 1. The Morgan fingerprint density at radius 3 is 2.58 bits per heavy atom. The highest BCUT2D eigenvalue weighted by atomic mass is 32.2. The van der Waals surface area contributed by atoms with E-state index in [0.717, 1.165) is 29.4 Å². The van der Waals surface area contributed by atoms with Gasteiger partial charge in [0.05, 0.1) is 13.3 Å². The van der Waals surface area contributed by atoms with Crippen molar-refractivity contribution in [1.82, 2.24) is 15.0 Å². The molecule has 33 heavy (non-hydrogen) atoms. The van der Waals surface area contributed by atoms with Gasteiger partial charge in [0.2, 0.25) is 11.8 Å². The lowest BCUT2D eigenvalue weighted by Crippen LogP contribution is -2.14. The molecule has 1 aliphatic carbocycles. The van der Waals surface area contributed by atoms with Crippen molar-refractivity contribution in [3.63, 3.8) is 0 Å². The van der Waals surface area contributed by atoms with E-state index < -0.39 is 10.0 Å². The average molecular weight is 464 g/mol. The number of fused-ring (bicyclic) bond motifs is 1. The smallest absolute Gasteiger partial charge is 0.263 e. The van der Waals surface area contributed by atoms with Gasteiger partial charge in [0.1, 0.15) is 16.4 Å². The van der Waals surface area contributed by atoms with Crippen molar-refractivity contribution < 1.29 is 17.9 Å². The van der Waals surface area contributed by atoms with E-state index in [9.17, 15) is 13.2 Å². The van der Waals surface area contributed by atoms with Gasteiger partial charge >= 0.3 is 0 Å². The minimum absolute atomic E-state index is 0.0165. The minimum Gasteiger partial charge on any atom is -0.481 e. The van der Waals surface area contributed by atoms with Crippen molar-refractivity contribution >= 4 is 38.5 Å². The Morgan fingerprint density at radius 2 is 1.91 bits per heavy atom. The van der Waals surface area contributed by atoms with E-state index in [1.165, 1.54) is 25.4 Å². The summed E-state index contributed by atoms with van der Waals surface area (Å²) >= 11 is 0. The molecule has 1 amide bonds. The van der Waals surface area contributed by atoms with Gasteiger partial charge in [0.25, 0.3) is 10.0 Å². The maximum atomic E-state index is 12.7. The minimum atomic E-state index is -3.79. The summed E-state index contributed by atoms with van der Waals surface area (Å²) in [6, 6.07) is 13.7. The summed E-state index contributed by atoms with van der Waals surface area (Å²) in [4.78, 5) is 23.7. The van der Waals surface area contributed by atoms with Crippen molar-refractivity contribution in [2.24, 2.45) is 5.92 Å². The fourth-order valence-electron chi connectivity index (χ4n) is 3.49. The Bertz CT molecular complexity index is 1430. The van der Waals surface area contributed by atoms with Gasteiger partial charge in [-0.15, -0.1) is 0 Å². The first kappa shape index (κ1) is 21.0. The quantitative estimate of drug-likeness (QED) is 0.383. The number of hydrogen-bond donors (Lipinski definition) is 3. The lowest BCUT2D eigenvalue weighted by Gasteiger charge is -2.11. The van der Waals surface area contributed by atoms with Gasteiger partial charge in [-0.3, -0.25) is 9.52 Å². The van der Waals surface area contributed by atoms with Crippen LogP contribution in [-0.2, 0) is 14.8 Å². The number of sulfonamides is 1. The number of nitrogens with zero attached hydrogens (tertiary/aromatic N) is 2. The molecule has 5 rings (SSSR count). The van der Waals surface area contributed by atoms with E-state index >= 15 is 0 Å². The summed E-state index contributed by atoms with van der Waals surface area (Å²) in [6.45, 7) is 0. The second-order valence-electron chi connectivity index (χ2n) is 7.78. The van der Waals surface area contributed by atoms with Gasteiger partial charge in [0, 0.05) is 29.3 Å². The molecule has 0 saturated heterocycles. The lowest BCUT2D eigenvalue weighted by molar-refractivity contribution is -0.117. The highest BCUT2D eigenvalue weighted by Crippen LogP contribution is 2.33. The lowest BCUT2D eigenvalue weighted by atomic mass is 10.0. The molecular formula is C23H21N5O4S. The normalized spacial score (nSPS) is 13.6. The molecule has 1 aliphatic rings. The molecule has 3 N–H and O–H groups in total. The van der Waals surface area contributed by atoms with E-state index in [1.807, 2.05) is 24.3 Å². The molecule has 0 spiro atoms. The number of hydrogen-bond acceptors (Lipinski definition) is 6. The van der Waals surface area contributed by atoms with Crippen LogP contribution in [0.1, 0.15) is 12.8 Å². The second-order valence-corrected chi connectivity index (χ2v) is 9.46. The molecular weight excluding hydrogens is 442 g/mol. The average Bonchev–Trinajstić information content (AvgIpc) is 3.57. The number of benzene rings is 1. The predicted molar refractivity (Wildman–Crippen MR) is 124 cm³/mol. The maximum absolute atomic E-state index is 12.7. The zero-order valence-electron chi connectivity index (χ0n) is 17.7. The number of aromatic amines is 1. The third-order valence-corrected chi connectivity index (χ3v) is 6.77. The summed E-state index contributed by atoms with van der Waals surface area (Å²) in [6.07, 6.45) is 4.85. The van der Waals surface area contributed by atoms with Crippen LogP contribution in [0.4, 0.5) is 11.5 Å². The van der Waals surface area contributed by atoms with Crippen molar-refractivity contribution in [3.8, 4) is 17.0 Å². The highest BCUT2D eigenvalue weighted by molar-refractivity contribution is 7.92. The molecule has 1 fully saturated rings. The van der Waals surface area contributed by atoms with Gasteiger partial charge in [-0.1, -0.05) is 12.1 Å². The van der Waals surface area contributed by atoms with E-state index in [0.29, 0.717) is 23.0 Å². The van der Waals surface area contributed by atoms with E-state index in [-0.39, 0.29) is 16.7 Å². The van der Waals surface area contributed by atoms with Crippen LogP contribution < -0.4 is 14.8 Å². The molecule has 3 aromatic heterocycles. The number of anilines is 2. The molecule has 168 valence electrons. The summed E-state index contributed by atoms with van der Waals surface area (Å²) in [5, 5.41) is 3.79. The van der Waals surface area contributed by atoms with Crippen LogP contribution in [0.15, 0.2) is 65.8 Å². The molecule has 3 heterocycles. The van der Waals surface area contributed by atoms with Crippen LogP contribution in [0.2, 0.25) is 0 Å². The first-order valence-corrected chi connectivity index (χ1v) is 11.8. The highest BCUT2D eigenvalue weighted by Gasteiger charge is 2.30. The fraction of sp³-hybridized carbons (Fsp3) is 0.174. The van der Waals surface area contributed by atoms with Crippen LogP contribution >= 0.6 is 0 Å². The van der Waals surface area contributed by atoms with Gasteiger partial charge in [0.15, 0.2) is 0 Å². The largest absolute Gasteiger partial charge is 0.481 e. The summed E-state index contributed by atoms with van der Waals surface area (Å²) in [5.41, 5.74) is 2.81. The molecule has 0 unspecified atom stereocenters. The third kappa shape index (κ3) is 4.37. The molecule has 0 aliphatic heterocycles. The van der Waals surface area contributed by atoms with E-state index in [4.69, 9.17) is 4.74 Å². The molecule has 1 saturated carbocycles. The second kappa shape index (κ2) is 8.21. The number of aromatic nitrogens is 3. The summed E-state index contributed by atoms with van der Waals surface area (Å²) in [5.74, 6) is 0.869. The zero-order chi connectivity index (χ0) is 23.0. The van der Waals surface area contributed by atoms with Crippen LogP contribution in [0.25, 0.3) is 22.2 Å². The van der Waals surface area contributed by atoms with Gasteiger partial charge < -0.3 is 15.0 Å². The molecule has 1 aromatic carbocycles. The number of nitrogens with one attached hydrogen (secondary N) is 3. The predicted octanol–water partition coefficient (Wildman–Crippen LogP) is 3.78. The Balaban J connectivity index is 1.40. The number of carbonyl (C=O) groups is 1. The maximum Gasteiger partial charge on any atom is 0.263 e. The number of amides is 1. The van der Waals surface area contributed by atoms with E-state index in [1.54, 1.807) is 18.3 Å². The van der Waals surface area contributed by atoms with E-state index in [2.05, 4.69) is 25.0 Å². The Kier molecular flexibility index (Phi) is 5.21. The fourth-order valence-corrected chi connectivity index (χ4v) is 4.50. The van der Waals surface area contributed by atoms with Crippen molar-refractivity contribution in [2.45, 2.75) is 17.7 Å². The van der Waals surface area contributed by atoms with Crippen LogP contribution in [-0.4, -0.2) is 36.4 Å². The first-order valence-electron chi connectivity index (χ1n) is 10.4. The number of carbonyl (C=O) groups excluding carboxylic acids is 1. The SMILES string of the molecule is COc1ccc(S(=O)(=O)Nc2ccc(-c3cc(NC(=O)C4CC4)nc4[nH]ccc34)cc2)cn1. The first-order chi connectivity index (χ1) is 15.9. The molecule has 4 aromatic rings. The molecule has 0 atom stereocenters. The van der Waals surface area contributed by atoms with Crippen molar-refractivity contribution in [2.75, 3.05) is 17.1 Å². The number of H-pyrrole nitrogens is 1. The van der Waals surface area contributed by atoms with Crippen LogP contribution in [0, 0.1) is 5.92 Å². The Hall–Kier alpha value is -3.92. The number of rotatable bonds is 7. The number of pyridine rings is 2. The zero-order valence-corrected chi connectivity index (χ0v) is 18.5. The summed E-state index contributed by atoms with van der Waals surface area (Å²) < 4.78 is 32.8. The van der Waals surface area contributed by atoms with Crippen molar-refractivity contribution in [3.05, 3.63) is 60.9 Å². The monoisotopic (exact) mass is 463 g/mol. The number of ether oxygens (including phenoxy) is 1. The van der Waals surface area contributed by atoms with Gasteiger partial charge in [-0.2, -0.15) is 0 Å². The van der Waals surface area contributed by atoms with Crippen LogP contribution in [0.5, 0.6) is 5.88 Å².